The highest BCUT2D eigenvalue weighted by molar-refractivity contribution is 6.30. The molecule has 0 aliphatic heterocycles. The zero-order valence-corrected chi connectivity index (χ0v) is 82.5. The molecule has 150 heavy (non-hydrogen) atoms. The summed E-state index contributed by atoms with van der Waals surface area (Å²) in [7, 11) is 0. The van der Waals surface area contributed by atoms with E-state index < -0.39 is 0 Å². The average Bonchev–Trinajstić information content (AvgIpc) is 1.29. The van der Waals surface area contributed by atoms with Gasteiger partial charge in [-0.25, -0.2) is 0 Å². The van der Waals surface area contributed by atoms with Crippen molar-refractivity contribution < 1.29 is 13.3 Å². The van der Waals surface area contributed by atoms with Gasteiger partial charge in [0, 0.05) is 48.9 Å². The predicted molar refractivity (Wildman–Crippen MR) is 636 cm³/mol. The summed E-state index contributed by atoms with van der Waals surface area (Å²) in [6.45, 7) is 4.70. The summed E-state index contributed by atoms with van der Waals surface area (Å²) in [5.74, 6) is 0. The second-order valence-electron chi connectivity index (χ2n) is 40.2. The van der Waals surface area contributed by atoms with Crippen molar-refractivity contribution in [2.45, 2.75) is 19.3 Å². The van der Waals surface area contributed by atoms with Crippen LogP contribution >= 0.6 is 0 Å². The Labute approximate surface area is 867 Å². The van der Waals surface area contributed by atoms with E-state index in [-0.39, 0.29) is 5.41 Å². The molecule has 0 radical (unpaired) electrons. The minimum Gasteiger partial charge on any atom is -0.456 e. The van der Waals surface area contributed by atoms with Crippen LogP contribution in [0.25, 0.3) is 296 Å². The SMILES string of the molecule is CC1(C)c2ccccc2-c2cc(-c3ccc4oc5ccccc5c4c3-c3cccc4c(-c5c6ccccc6c(-c6ccccc6)c6ccccc56)cccc34)ccc21.c1ccc(-c2c3ccccc3c(-c3cccc4c(-c5cccc6oc7ccccc7c56)cccc34)c3ccccc23)cc1.c1ccc(-c2ccc3oc4ccccc4c3c2-c2cccc3c(-c4c5ccccc5c(-c5ccccc5)c5ccccc45)cccc23)cc1. The summed E-state index contributed by atoms with van der Waals surface area (Å²) in [6, 6.07) is 194. The van der Waals surface area contributed by atoms with Gasteiger partial charge in [-0.2, -0.15) is 0 Å². The maximum Gasteiger partial charge on any atom is 0.136 e. The molecule has 3 heteroatoms. The molecule has 0 bridgehead atoms. The van der Waals surface area contributed by atoms with E-state index in [1.165, 1.54) is 247 Å². The summed E-state index contributed by atoms with van der Waals surface area (Å²) >= 11 is 0. The van der Waals surface area contributed by atoms with Crippen molar-refractivity contribution >= 4 is 163 Å². The molecule has 0 saturated carbocycles. The van der Waals surface area contributed by atoms with Crippen molar-refractivity contribution in [2.75, 3.05) is 0 Å². The number of benzene rings is 27. The largest absolute Gasteiger partial charge is 0.456 e. The summed E-state index contributed by atoms with van der Waals surface area (Å²) in [5, 5.41) is 29.4. The lowest BCUT2D eigenvalue weighted by molar-refractivity contribution is 0.660. The van der Waals surface area contributed by atoms with Gasteiger partial charge in [-0.3, -0.25) is 0 Å². The number of rotatable bonds is 11. The van der Waals surface area contributed by atoms with Crippen molar-refractivity contribution in [3.8, 4) is 134 Å². The van der Waals surface area contributed by atoms with E-state index in [0.29, 0.717) is 0 Å². The Bertz CT molecular complexity index is 10600. The molecule has 30 aromatic rings. The van der Waals surface area contributed by atoms with Crippen LogP contribution in [0.5, 0.6) is 0 Å². The van der Waals surface area contributed by atoms with Gasteiger partial charge in [-0.1, -0.05) is 505 Å². The fourth-order valence-electron chi connectivity index (χ4n) is 25.4. The van der Waals surface area contributed by atoms with Crippen LogP contribution in [0.4, 0.5) is 0 Å². The van der Waals surface area contributed by atoms with Crippen molar-refractivity contribution in [1.29, 1.82) is 0 Å². The molecular weight excluding hydrogens is 1810 g/mol. The van der Waals surface area contributed by atoms with Crippen LogP contribution in [0.1, 0.15) is 25.0 Å². The van der Waals surface area contributed by atoms with Crippen molar-refractivity contribution in [1.82, 2.24) is 0 Å². The Morgan fingerprint density at radius 3 is 0.713 bits per heavy atom. The maximum atomic E-state index is 6.60. The first-order chi connectivity index (χ1) is 74.3. The van der Waals surface area contributed by atoms with Crippen LogP contribution in [-0.2, 0) is 5.41 Å². The minimum absolute atomic E-state index is 0.0579. The molecule has 1 aliphatic carbocycles. The van der Waals surface area contributed by atoms with Gasteiger partial charge in [0.05, 0.1) is 0 Å². The van der Waals surface area contributed by atoms with Crippen LogP contribution in [0, 0.1) is 0 Å². The van der Waals surface area contributed by atoms with Gasteiger partial charge in [0.25, 0.3) is 0 Å². The summed E-state index contributed by atoms with van der Waals surface area (Å²) in [4.78, 5) is 0. The molecule has 31 rings (SSSR count). The van der Waals surface area contributed by atoms with Gasteiger partial charge in [0.1, 0.15) is 33.5 Å². The first-order valence-electron chi connectivity index (χ1n) is 51.9. The topological polar surface area (TPSA) is 39.4 Å². The molecule has 0 N–H and O–H groups in total. The molecule has 0 unspecified atom stereocenters. The Morgan fingerprint density at radius 1 is 0.120 bits per heavy atom. The van der Waals surface area contributed by atoms with Crippen LogP contribution in [0.2, 0.25) is 0 Å². The zero-order valence-electron chi connectivity index (χ0n) is 82.5. The third-order valence-corrected chi connectivity index (χ3v) is 31.9. The molecule has 0 amide bonds. The summed E-state index contributed by atoms with van der Waals surface area (Å²) in [6.07, 6.45) is 0. The maximum absolute atomic E-state index is 6.60. The first-order valence-corrected chi connectivity index (χ1v) is 51.9. The lowest BCUT2D eigenvalue weighted by atomic mass is 9.81. The summed E-state index contributed by atoms with van der Waals surface area (Å²) in [5.41, 5.74) is 37.8. The van der Waals surface area contributed by atoms with Crippen molar-refractivity contribution in [3.05, 3.63) is 545 Å². The zero-order chi connectivity index (χ0) is 99.2. The number of hydrogen-bond acceptors (Lipinski definition) is 3. The summed E-state index contributed by atoms with van der Waals surface area (Å²) < 4.78 is 19.3. The molecule has 1 aliphatic rings. The fourth-order valence-corrected chi connectivity index (χ4v) is 25.4. The molecule has 0 spiro atoms. The number of fused-ring (bicyclic) bond motifs is 21. The molecule has 3 nitrogen and oxygen atoms in total. The predicted octanol–water partition coefficient (Wildman–Crippen LogP) is 41.8. The van der Waals surface area contributed by atoms with Gasteiger partial charge in [-0.15, -0.1) is 0 Å². The Hall–Kier alpha value is -19.3. The Morgan fingerprint density at radius 2 is 0.353 bits per heavy atom. The molecule has 3 heterocycles. The Balaban J connectivity index is 0.000000107. The highest BCUT2D eigenvalue weighted by Crippen LogP contribution is 2.57. The second kappa shape index (κ2) is 35.6. The first kappa shape index (κ1) is 87.3. The second-order valence-corrected chi connectivity index (χ2v) is 40.2. The Kier molecular flexibility index (Phi) is 20.7. The molecule has 27 aromatic carbocycles. The van der Waals surface area contributed by atoms with E-state index in [9.17, 15) is 0 Å². The van der Waals surface area contributed by atoms with Gasteiger partial charge < -0.3 is 13.3 Å². The van der Waals surface area contributed by atoms with E-state index >= 15 is 0 Å². The van der Waals surface area contributed by atoms with Gasteiger partial charge in [0.15, 0.2) is 0 Å². The minimum atomic E-state index is -0.0579. The molecule has 0 atom stereocenters. The third kappa shape index (κ3) is 14.0. The van der Waals surface area contributed by atoms with Gasteiger partial charge in [0.2, 0.25) is 0 Å². The van der Waals surface area contributed by atoms with Crippen LogP contribution in [0.15, 0.2) is 547 Å². The van der Waals surface area contributed by atoms with Crippen molar-refractivity contribution in [3.63, 3.8) is 0 Å². The quantitative estimate of drug-likeness (QED) is 0.121. The molecular formula is C147H94O3. The number of furan rings is 3. The average molecular weight is 1910 g/mol. The van der Waals surface area contributed by atoms with Gasteiger partial charge >= 0.3 is 0 Å². The monoisotopic (exact) mass is 1910 g/mol. The molecule has 0 fully saturated rings. The van der Waals surface area contributed by atoms with E-state index in [4.69, 9.17) is 13.3 Å². The van der Waals surface area contributed by atoms with E-state index in [1.54, 1.807) is 0 Å². The normalized spacial score (nSPS) is 12.3. The van der Waals surface area contributed by atoms with E-state index in [2.05, 4.69) is 536 Å². The lowest BCUT2D eigenvalue weighted by Crippen LogP contribution is -2.14. The number of hydrogen-bond donors (Lipinski definition) is 0. The van der Waals surface area contributed by atoms with Crippen LogP contribution in [0.3, 0.4) is 0 Å². The molecule has 700 valence electrons. The smallest absolute Gasteiger partial charge is 0.136 e. The fraction of sp³-hybridized carbons (Fsp3) is 0.0204. The number of para-hydroxylation sites is 3. The third-order valence-electron chi connectivity index (χ3n) is 31.9. The molecule has 0 saturated heterocycles. The standard InChI is InChI=1S/C57H38O.C48H30O.C42H26O/c1-57(2)49-28-12-10-18-40(49)48-34-36(30-32-50(48)57)37-31-33-52-56(47-23-11-13-29-51(47)58-52)55(37)42-27-15-24-38-39(42)25-14-26-41(38)54-45-21-8-6-19-43(45)53(35-16-4-3-5-17-35)44-20-7-9-22-46(44)54;1-3-15-31(16-4-1)33-29-30-44-48(42-23-11-12-28-43(42)49-44)47(33)37-27-14-24-34-35(37)25-13-26-36(34)46-40-21-9-7-19-38(40)45(32-17-5-2-6-18-32)39-20-8-10-22-41(39)46;1-2-13-27(14-3-1)40-33-15-4-6-17-35(33)41(36-18-7-5-16-34(36)40)31-23-11-20-28-29(31)21-10-22-30(28)32-24-12-26-39-42(32)37-19-8-9-25-38(37)43-39/h3-34H,1-2H3;1-30H;1-26H. The van der Waals surface area contributed by atoms with Crippen molar-refractivity contribution in [2.24, 2.45) is 0 Å². The highest BCUT2D eigenvalue weighted by Gasteiger charge is 2.37. The van der Waals surface area contributed by atoms with Crippen LogP contribution in [-0.4, -0.2) is 0 Å². The van der Waals surface area contributed by atoms with E-state index in [0.717, 1.165) is 60.4 Å². The molecule has 3 aromatic heterocycles. The van der Waals surface area contributed by atoms with Crippen LogP contribution < -0.4 is 0 Å². The van der Waals surface area contributed by atoms with E-state index in [1.807, 2.05) is 12.1 Å². The van der Waals surface area contributed by atoms with Gasteiger partial charge in [-0.05, 0) is 273 Å². The highest BCUT2D eigenvalue weighted by atomic mass is 16.3. The lowest BCUT2D eigenvalue weighted by Gasteiger charge is -2.22.